The third-order valence-electron chi connectivity index (χ3n) is 2.28. The molecule has 1 aromatic carbocycles. The van der Waals surface area contributed by atoms with Crippen LogP contribution in [0.3, 0.4) is 0 Å². The number of aromatic nitrogens is 1. The molecule has 0 radical (unpaired) electrons. The van der Waals surface area contributed by atoms with Gasteiger partial charge in [0, 0.05) is 11.6 Å². The highest BCUT2D eigenvalue weighted by Crippen LogP contribution is 2.19. The molecule has 0 saturated heterocycles. The predicted octanol–water partition coefficient (Wildman–Crippen LogP) is 2.32. The van der Waals surface area contributed by atoms with Gasteiger partial charge in [-0.1, -0.05) is 12.1 Å². The van der Waals surface area contributed by atoms with Crippen molar-refractivity contribution in [2.24, 2.45) is 0 Å². The van der Waals surface area contributed by atoms with Gasteiger partial charge in [0.15, 0.2) is 0 Å². The Balaban J connectivity index is 2.26. The Kier molecular flexibility index (Phi) is 3.74. The van der Waals surface area contributed by atoms with Gasteiger partial charge < -0.3 is 0 Å². The summed E-state index contributed by atoms with van der Waals surface area (Å²) < 4.78 is 39.8. The van der Waals surface area contributed by atoms with Crippen LogP contribution in [0.5, 0.6) is 0 Å². The van der Waals surface area contributed by atoms with Crippen LogP contribution >= 0.6 is 11.3 Å². The van der Waals surface area contributed by atoms with Crippen LogP contribution in [-0.2, 0) is 10.0 Å². The summed E-state index contributed by atoms with van der Waals surface area (Å²) in [5.41, 5.74) is 0. The maximum atomic E-state index is 13.4. The zero-order chi connectivity index (χ0) is 13.2. The molecule has 0 amide bonds. The van der Waals surface area contributed by atoms with Crippen LogP contribution in [0.4, 0.5) is 4.39 Å². The largest absolute Gasteiger partial charge is 0.248 e. The Labute approximate surface area is 109 Å². The first kappa shape index (κ1) is 13.1. The van der Waals surface area contributed by atoms with Crippen molar-refractivity contribution in [3.8, 4) is 0 Å². The van der Waals surface area contributed by atoms with Crippen LogP contribution in [0.2, 0.25) is 0 Å². The van der Waals surface area contributed by atoms with E-state index >= 15 is 0 Å². The molecular weight excluding hydrogens is 275 g/mol. The van der Waals surface area contributed by atoms with Gasteiger partial charge in [-0.05, 0) is 19.1 Å². The van der Waals surface area contributed by atoms with E-state index < -0.39 is 21.9 Å². The average Bonchev–Trinajstić information content (AvgIpc) is 2.82. The second-order valence-corrected chi connectivity index (χ2v) is 6.25. The molecule has 0 saturated carbocycles. The van der Waals surface area contributed by atoms with Crippen molar-refractivity contribution in [1.82, 2.24) is 9.71 Å². The summed E-state index contributed by atoms with van der Waals surface area (Å²) in [5.74, 6) is -0.767. The molecule has 0 fully saturated rings. The Morgan fingerprint density at radius 3 is 2.72 bits per heavy atom. The van der Waals surface area contributed by atoms with Crippen molar-refractivity contribution in [1.29, 1.82) is 0 Å². The number of nitrogens with one attached hydrogen (secondary N) is 1. The molecule has 0 bridgehead atoms. The van der Waals surface area contributed by atoms with Crippen molar-refractivity contribution in [2.45, 2.75) is 17.9 Å². The van der Waals surface area contributed by atoms with Gasteiger partial charge in [-0.3, -0.25) is 0 Å². The molecule has 1 unspecified atom stereocenters. The first-order chi connectivity index (χ1) is 8.50. The first-order valence-electron chi connectivity index (χ1n) is 5.17. The number of thiazole rings is 1. The molecule has 1 aromatic heterocycles. The Morgan fingerprint density at radius 1 is 1.39 bits per heavy atom. The molecule has 1 atom stereocenters. The van der Waals surface area contributed by atoms with E-state index in [4.69, 9.17) is 0 Å². The van der Waals surface area contributed by atoms with E-state index in [1.807, 2.05) is 0 Å². The quantitative estimate of drug-likeness (QED) is 0.938. The normalized spacial score (nSPS) is 13.4. The fourth-order valence-corrected chi connectivity index (χ4v) is 3.46. The number of hydrogen-bond acceptors (Lipinski definition) is 4. The fourth-order valence-electron chi connectivity index (χ4n) is 1.46. The molecule has 4 nitrogen and oxygen atoms in total. The van der Waals surface area contributed by atoms with Gasteiger partial charge in [0.2, 0.25) is 10.0 Å². The van der Waals surface area contributed by atoms with Crippen LogP contribution in [0, 0.1) is 5.82 Å². The minimum absolute atomic E-state index is 0.353. The lowest BCUT2D eigenvalue weighted by Gasteiger charge is -2.12. The molecule has 2 rings (SSSR count). The third kappa shape index (κ3) is 2.74. The molecule has 7 heteroatoms. The van der Waals surface area contributed by atoms with Gasteiger partial charge in [0.05, 0.1) is 6.04 Å². The van der Waals surface area contributed by atoms with Crippen molar-refractivity contribution in [3.05, 3.63) is 46.7 Å². The van der Waals surface area contributed by atoms with Crippen LogP contribution < -0.4 is 4.72 Å². The highest BCUT2D eigenvalue weighted by atomic mass is 32.2. The van der Waals surface area contributed by atoms with E-state index in [0.29, 0.717) is 5.01 Å². The molecule has 0 spiro atoms. The fraction of sp³-hybridized carbons (Fsp3) is 0.182. The molecule has 2 aromatic rings. The first-order valence-corrected chi connectivity index (χ1v) is 7.53. The topological polar surface area (TPSA) is 59.1 Å². The summed E-state index contributed by atoms with van der Waals surface area (Å²) in [6, 6.07) is 4.77. The Bertz CT molecular complexity index is 626. The van der Waals surface area contributed by atoms with Crippen molar-refractivity contribution in [3.63, 3.8) is 0 Å². The zero-order valence-corrected chi connectivity index (χ0v) is 11.1. The smallest absolute Gasteiger partial charge is 0.244 e. The third-order valence-corrected chi connectivity index (χ3v) is 4.81. The summed E-state index contributed by atoms with van der Waals surface area (Å²) in [4.78, 5) is 3.66. The highest BCUT2D eigenvalue weighted by molar-refractivity contribution is 7.89. The number of hydrogen-bond donors (Lipinski definition) is 1. The molecule has 0 aliphatic heterocycles. The standard InChI is InChI=1S/C11H11FN2O2S2/c1-8(11-13-6-7-17-11)14-18(15,16)10-5-3-2-4-9(10)12/h2-8,14H,1H3. The number of benzene rings is 1. The summed E-state index contributed by atoms with van der Waals surface area (Å²) in [7, 11) is -3.87. The lowest BCUT2D eigenvalue weighted by molar-refractivity contribution is 0.546. The van der Waals surface area contributed by atoms with Crippen LogP contribution in [-0.4, -0.2) is 13.4 Å². The minimum atomic E-state index is -3.87. The van der Waals surface area contributed by atoms with Crippen LogP contribution in [0.15, 0.2) is 40.7 Å². The summed E-state index contributed by atoms with van der Waals surface area (Å²) in [5, 5.41) is 2.39. The number of halogens is 1. The number of nitrogens with zero attached hydrogens (tertiary/aromatic N) is 1. The maximum Gasteiger partial charge on any atom is 0.244 e. The summed E-state index contributed by atoms with van der Waals surface area (Å²) >= 11 is 1.34. The van der Waals surface area contributed by atoms with Crippen molar-refractivity contribution >= 4 is 21.4 Å². The average molecular weight is 286 g/mol. The lowest BCUT2D eigenvalue weighted by Crippen LogP contribution is -2.27. The minimum Gasteiger partial charge on any atom is -0.248 e. The van der Waals surface area contributed by atoms with Crippen molar-refractivity contribution in [2.75, 3.05) is 0 Å². The van der Waals surface area contributed by atoms with E-state index in [-0.39, 0.29) is 4.90 Å². The molecule has 0 aliphatic rings. The molecular formula is C11H11FN2O2S2. The number of sulfonamides is 1. The van der Waals surface area contributed by atoms with Gasteiger partial charge in [0.25, 0.3) is 0 Å². The lowest BCUT2D eigenvalue weighted by atomic mass is 10.3. The number of rotatable bonds is 4. The molecule has 1 heterocycles. The molecule has 0 aliphatic carbocycles. The summed E-state index contributed by atoms with van der Waals surface area (Å²) in [6.07, 6.45) is 1.59. The molecule has 96 valence electrons. The van der Waals surface area contributed by atoms with Gasteiger partial charge in [-0.2, -0.15) is 0 Å². The SMILES string of the molecule is CC(NS(=O)(=O)c1ccccc1F)c1nccs1. The monoisotopic (exact) mass is 286 g/mol. The van der Waals surface area contributed by atoms with E-state index in [2.05, 4.69) is 9.71 Å². The predicted molar refractivity (Wildman–Crippen MR) is 67.3 cm³/mol. The van der Waals surface area contributed by atoms with E-state index in [0.717, 1.165) is 6.07 Å². The van der Waals surface area contributed by atoms with Gasteiger partial charge in [-0.15, -0.1) is 11.3 Å². The zero-order valence-electron chi connectivity index (χ0n) is 9.50. The Morgan fingerprint density at radius 2 is 2.11 bits per heavy atom. The van der Waals surface area contributed by atoms with Crippen molar-refractivity contribution < 1.29 is 12.8 Å². The van der Waals surface area contributed by atoms with E-state index in [1.165, 1.54) is 29.5 Å². The van der Waals surface area contributed by atoms with Crippen LogP contribution in [0.1, 0.15) is 18.0 Å². The highest BCUT2D eigenvalue weighted by Gasteiger charge is 2.22. The second kappa shape index (κ2) is 5.13. The van der Waals surface area contributed by atoms with Gasteiger partial charge >= 0.3 is 0 Å². The van der Waals surface area contributed by atoms with Crippen LogP contribution in [0.25, 0.3) is 0 Å². The van der Waals surface area contributed by atoms with Gasteiger partial charge in [-0.25, -0.2) is 22.5 Å². The summed E-state index contributed by atoms with van der Waals surface area (Å²) in [6.45, 7) is 1.66. The molecule has 18 heavy (non-hydrogen) atoms. The Hall–Kier alpha value is -1.31. The van der Waals surface area contributed by atoms with Gasteiger partial charge in [0.1, 0.15) is 15.7 Å². The van der Waals surface area contributed by atoms with E-state index in [9.17, 15) is 12.8 Å². The maximum absolute atomic E-state index is 13.4. The second-order valence-electron chi connectivity index (χ2n) is 3.64. The van der Waals surface area contributed by atoms with E-state index in [1.54, 1.807) is 18.5 Å². The molecule has 1 N–H and O–H groups in total.